The summed E-state index contributed by atoms with van der Waals surface area (Å²) in [7, 11) is -2.48. The Morgan fingerprint density at radius 2 is 1.83 bits per heavy atom. The third-order valence-corrected chi connectivity index (χ3v) is 5.38. The predicted octanol–water partition coefficient (Wildman–Crippen LogP) is 3.25. The molecular formula is C15H14Cl2N2O3S. The van der Waals surface area contributed by atoms with Crippen LogP contribution in [0, 0.1) is 0 Å². The van der Waals surface area contributed by atoms with E-state index >= 15 is 0 Å². The lowest BCUT2D eigenvalue weighted by molar-refractivity contribution is -0.116. The molecule has 0 heterocycles. The summed E-state index contributed by atoms with van der Waals surface area (Å²) in [5.74, 6) is -0.494. The summed E-state index contributed by atoms with van der Waals surface area (Å²) in [6, 6.07) is 12.6. The molecule has 2 aromatic carbocycles. The zero-order chi connectivity index (χ0) is 17.0. The Labute approximate surface area is 144 Å². The van der Waals surface area contributed by atoms with Gasteiger partial charge >= 0.3 is 0 Å². The van der Waals surface area contributed by atoms with Crippen LogP contribution >= 0.6 is 23.2 Å². The molecule has 0 radical (unpaired) electrons. The Balaban J connectivity index is 2.10. The van der Waals surface area contributed by atoms with E-state index in [0.29, 0.717) is 15.7 Å². The zero-order valence-corrected chi connectivity index (χ0v) is 14.5. The maximum atomic E-state index is 12.4. The van der Waals surface area contributed by atoms with Crippen molar-refractivity contribution in [3.05, 3.63) is 58.6 Å². The van der Waals surface area contributed by atoms with Crippen molar-refractivity contribution in [3.8, 4) is 0 Å². The van der Waals surface area contributed by atoms with Crippen LogP contribution in [-0.4, -0.2) is 32.2 Å². The summed E-state index contributed by atoms with van der Waals surface area (Å²) in [6.07, 6.45) is 0. The number of sulfonamides is 1. The van der Waals surface area contributed by atoms with Gasteiger partial charge in [-0.25, -0.2) is 8.42 Å². The van der Waals surface area contributed by atoms with Crippen molar-refractivity contribution in [2.45, 2.75) is 4.90 Å². The Bertz CT molecular complexity index is 825. The second-order valence-electron chi connectivity index (χ2n) is 4.75. The van der Waals surface area contributed by atoms with Gasteiger partial charge in [-0.3, -0.25) is 4.79 Å². The number of amides is 1. The molecule has 5 nitrogen and oxygen atoms in total. The fourth-order valence-electron chi connectivity index (χ4n) is 1.85. The van der Waals surface area contributed by atoms with Crippen LogP contribution in [0.15, 0.2) is 53.4 Å². The Morgan fingerprint density at radius 1 is 1.13 bits per heavy atom. The number of nitrogens with zero attached hydrogens (tertiary/aromatic N) is 1. The summed E-state index contributed by atoms with van der Waals surface area (Å²) in [4.78, 5) is 12.0. The molecule has 23 heavy (non-hydrogen) atoms. The highest BCUT2D eigenvalue weighted by atomic mass is 35.5. The molecule has 0 aliphatic carbocycles. The van der Waals surface area contributed by atoms with Gasteiger partial charge in [-0.1, -0.05) is 41.4 Å². The monoisotopic (exact) mass is 372 g/mol. The maximum Gasteiger partial charge on any atom is 0.243 e. The summed E-state index contributed by atoms with van der Waals surface area (Å²) < 4.78 is 25.8. The minimum Gasteiger partial charge on any atom is -0.324 e. The van der Waals surface area contributed by atoms with Crippen LogP contribution in [0.2, 0.25) is 10.0 Å². The van der Waals surface area contributed by atoms with Crippen molar-refractivity contribution in [1.29, 1.82) is 0 Å². The minimum atomic E-state index is -3.80. The average Bonchev–Trinajstić information content (AvgIpc) is 2.49. The van der Waals surface area contributed by atoms with Crippen LogP contribution in [-0.2, 0) is 14.8 Å². The molecule has 0 saturated carbocycles. The molecule has 1 amide bonds. The van der Waals surface area contributed by atoms with E-state index in [2.05, 4.69) is 5.32 Å². The molecule has 1 N–H and O–H groups in total. The van der Waals surface area contributed by atoms with E-state index in [9.17, 15) is 13.2 Å². The Morgan fingerprint density at radius 3 is 2.48 bits per heavy atom. The standard InChI is InChI=1S/C15H14Cl2N2O3S/c1-19(23(21,22)12-6-4-5-11(16)9-12)10-15(20)18-14-8-3-2-7-13(14)17/h2-9H,10H2,1H3,(H,18,20). The van der Waals surface area contributed by atoms with Gasteiger partial charge in [0.1, 0.15) is 0 Å². The number of likely N-dealkylation sites (N-methyl/N-ethyl adjacent to an activating group) is 1. The molecule has 0 aliphatic rings. The van der Waals surface area contributed by atoms with Gasteiger partial charge in [0.15, 0.2) is 0 Å². The normalized spacial score (nSPS) is 11.5. The first kappa shape index (κ1) is 17.7. The van der Waals surface area contributed by atoms with E-state index < -0.39 is 15.9 Å². The third-order valence-electron chi connectivity index (χ3n) is 3.02. The van der Waals surface area contributed by atoms with Gasteiger partial charge in [-0.05, 0) is 30.3 Å². The fraction of sp³-hybridized carbons (Fsp3) is 0.133. The molecule has 0 fully saturated rings. The molecule has 0 saturated heterocycles. The average molecular weight is 373 g/mol. The van der Waals surface area contributed by atoms with E-state index in [-0.39, 0.29) is 11.4 Å². The number of hydrogen-bond acceptors (Lipinski definition) is 3. The molecular weight excluding hydrogens is 359 g/mol. The smallest absolute Gasteiger partial charge is 0.243 e. The first-order valence-electron chi connectivity index (χ1n) is 6.57. The number of anilines is 1. The molecule has 0 unspecified atom stereocenters. The van der Waals surface area contributed by atoms with Gasteiger partial charge in [0.2, 0.25) is 15.9 Å². The highest BCUT2D eigenvalue weighted by molar-refractivity contribution is 7.89. The largest absolute Gasteiger partial charge is 0.324 e. The van der Waals surface area contributed by atoms with E-state index in [1.165, 1.54) is 25.2 Å². The van der Waals surface area contributed by atoms with Gasteiger partial charge in [0.25, 0.3) is 0 Å². The summed E-state index contributed by atoms with van der Waals surface area (Å²) in [6.45, 7) is -0.347. The molecule has 122 valence electrons. The van der Waals surface area contributed by atoms with Gasteiger partial charge < -0.3 is 5.32 Å². The molecule has 0 aliphatic heterocycles. The van der Waals surface area contributed by atoms with Gasteiger partial charge in [-0.2, -0.15) is 4.31 Å². The van der Waals surface area contributed by atoms with Crippen molar-refractivity contribution in [1.82, 2.24) is 4.31 Å². The molecule has 0 bridgehead atoms. The lowest BCUT2D eigenvalue weighted by atomic mass is 10.3. The number of halogens is 2. The summed E-state index contributed by atoms with van der Waals surface area (Å²) in [5.41, 5.74) is 0.424. The van der Waals surface area contributed by atoms with Crippen molar-refractivity contribution < 1.29 is 13.2 Å². The SMILES string of the molecule is CN(CC(=O)Nc1ccccc1Cl)S(=O)(=O)c1cccc(Cl)c1. The van der Waals surface area contributed by atoms with Crippen LogP contribution < -0.4 is 5.32 Å². The predicted molar refractivity (Wildman–Crippen MR) is 91.3 cm³/mol. The lowest BCUT2D eigenvalue weighted by Gasteiger charge is -2.17. The van der Waals surface area contributed by atoms with Crippen LogP contribution in [0.5, 0.6) is 0 Å². The van der Waals surface area contributed by atoms with Crippen molar-refractivity contribution in [2.75, 3.05) is 18.9 Å². The lowest BCUT2D eigenvalue weighted by Crippen LogP contribution is -2.35. The number of benzene rings is 2. The van der Waals surface area contributed by atoms with Gasteiger partial charge in [-0.15, -0.1) is 0 Å². The first-order chi connectivity index (χ1) is 10.8. The second-order valence-corrected chi connectivity index (χ2v) is 7.63. The Hall–Kier alpha value is -1.60. The van der Waals surface area contributed by atoms with Crippen molar-refractivity contribution >= 4 is 44.8 Å². The number of carbonyl (C=O) groups excluding carboxylic acids is 1. The third kappa shape index (κ3) is 4.45. The molecule has 0 aromatic heterocycles. The fourth-order valence-corrected chi connectivity index (χ4v) is 3.46. The molecule has 2 rings (SSSR count). The van der Waals surface area contributed by atoms with E-state index in [4.69, 9.17) is 23.2 Å². The first-order valence-corrected chi connectivity index (χ1v) is 8.76. The minimum absolute atomic E-state index is 0.0260. The number of hydrogen-bond donors (Lipinski definition) is 1. The summed E-state index contributed by atoms with van der Waals surface area (Å²) >= 11 is 11.8. The van der Waals surface area contributed by atoms with Gasteiger partial charge in [0, 0.05) is 12.1 Å². The number of rotatable bonds is 5. The highest BCUT2D eigenvalue weighted by Crippen LogP contribution is 2.21. The second kappa shape index (κ2) is 7.31. The maximum absolute atomic E-state index is 12.4. The van der Waals surface area contributed by atoms with Crippen LogP contribution in [0.25, 0.3) is 0 Å². The highest BCUT2D eigenvalue weighted by Gasteiger charge is 2.23. The summed E-state index contributed by atoms with van der Waals surface area (Å²) in [5, 5.41) is 3.25. The van der Waals surface area contributed by atoms with Gasteiger partial charge in [0.05, 0.1) is 22.2 Å². The van der Waals surface area contributed by atoms with Crippen molar-refractivity contribution in [2.24, 2.45) is 0 Å². The van der Waals surface area contributed by atoms with E-state index in [1.807, 2.05) is 0 Å². The van der Waals surface area contributed by atoms with E-state index in [0.717, 1.165) is 4.31 Å². The molecule has 8 heteroatoms. The van der Waals surface area contributed by atoms with Crippen molar-refractivity contribution in [3.63, 3.8) is 0 Å². The van der Waals surface area contributed by atoms with Crippen LogP contribution in [0.1, 0.15) is 0 Å². The topological polar surface area (TPSA) is 66.5 Å². The quantitative estimate of drug-likeness (QED) is 0.875. The van der Waals surface area contributed by atoms with Crippen LogP contribution in [0.4, 0.5) is 5.69 Å². The van der Waals surface area contributed by atoms with Crippen LogP contribution in [0.3, 0.4) is 0 Å². The number of nitrogens with one attached hydrogen (secondary N) is 1. The zero-order valence-electron chi connectivity index (χ0n) is 12.2. The van der Waals surface area contributed by atoms with E-state index in [1.54, 1.807) is 30.3 Å². The Kier molecular flexibility index (Phi) is 5.64. The molecule has 0 atom stereocenters. The molecule has 0 spiro atoms. The number of para-hydroxylation sites is 1. The number of carbonyl (C=O) groups is 1. The molecule has 2 aromatic rings.